The van der Waals surface area contributed by atoms with Crippen LogP contribution in [-0.2, 0) is 6.42 Å². The average molecular weight is 367 g/mol. The van der Waals surface area contributed by atoms with Crippen LogP contribution in [0.4, 0.5) is 0 Å². The third kappa shape index (κ3) is 5.51. The summed E-state index contributed by atoms with van der Waals surface area (Å²) in [5.74, 6) is 0.117. The van der Waals surface area contributed by atoms with Crippen LogP contribution < -0.4 is 5.32 Å². The van der Waals surface area contributed by atoms with Crippen LogP contribution in [0.15, 0.2) is 42.5 Å². The number of amides is 1. The summed E-state index contributed by atoms with van der Waals surface area (Å²) >= 11 is 0. The van der Waals surface area contributed by atoms with Gasteiger partial charge in [-0.15, -0.1) is 0 Å². The van der Waals surface area contributed by atoms with Gasteiger partial charge < -0.3 is 10.2 Å². The van der Waals surface area contributed by atoms with E-state index in [0.717, 1.165) is 23.1 Å². The van der Waals surface area contributed by atoms with Gasteiger partial charge in [-0.2, -0.15) is 0 Å². The highest BCUT2D eigenvalue weighted by Gasteiger charge is 2.18. The molecule has 0 radical (unpaired) electrons. The molecule has 2 aromatic carbocycles. The quantitative estimate of drug-likeness (QED) is 0.723. The monoisotopic (exact) mass is 366 g/mol. The van der Waals surface area contributed by atoms with E-state index in [-0.39, 0.29) is 17.7 Å². The zero-order valence-corrected chi connectivity index (χ0v) is 17.0. The summed E-state index contributed by atoms with van der Waals surface area (Å²) in [4.78, 5) is 26.5. The first kappa shape index (κ1) is 20.8. The van der Waals surface area contributed by atoms with E-state index in [1.165, 1.54) is 5.56 Å². The number of likely N-dealkylation sites (N-methyl/N-ethyl adjacent to an activating group) is 1. The zero-order chi connectivity index (χ0) is 20.0. The molecule has 0 bridgehead atoms. The molecule has 2 rings (SSSR count). The standard InChI is InChI=1S/C23H30N2O2/c1-6-22(26)19-12-16(2)21(17(3)13-19)14-20(25(4)5)15-24-23(27)18-10-8-7-9-11-18/h7-13,20H,6,14-15H2,1-5H3,(H,24,27)/t20-/m0/s1. The number of nitrogens with zero attached hydrogens (tertiary/aromatic N) is 1. The van der Waals surface area contributed by atoms with Crippen molar-refractivity contribution < 1.29 is 9.59 Å². The van der Waals surface area contributed by atoms with Crippen LogP contribution in [-0.4, -0.2) is 43.3 Å². The molecule has 0 unspecified atom stereocenters. The molecule has 0 aromatic heterocycles. The van der Waals surface area contributed by atoms with Gasteiger partial charge in [0, 0.05) is 30.1 Å². The van der Waals surface area contributed by atoms with E-state index in [0.29, 0.717) is 18.5 Å². The number of hydrogen-bond acceptors (Lipinski definition) is 3. The summed E-state index contributed by atoms with van der Waals surface area (Å²) in [5, 5.41) is 3.04. The molecule has 0 heterocycles. The molecular weight excluding hydrogens is 336 g/mol. The average Bonchev–Trinajstić information content (AvgIpc) is 2.66. The summed E-state index contributed by atoms with van der Waals surface area (Å²) < 4.78 is 0. The second-order valence-corrected chi connectivity index (χ2v) is 7.26. The van der Waals surface area contributed by atoms with Crippen molar-refractivity contribution in [3.8, 4) is 0 Å². The first-order chi connectivity index (χ1) is 12.8. The lowest BCUT2D eigenvalue weighted by atomic mass is 9.92. The summed E-state index contributed by atoms with van der Waals surface area (Å²) in [6.07, 6.45) is 1.34. The number of hydrogen-bond donors (Lipinski definition) is 1. The smallest absolute Gasteiger partial charge is 0.251 e. The number of aryl methyl sites for hydroxylation is 2. The molecule has 4 nitrogen and oxygen atoms in total. The predicted octanol–water partition coefficient (Wildman–Crippen LogP) is 3.80. The Kier molecular flexibility index (Phi) is 7.31. The Bertz CT molecular complexity index is 774. The molecule has 0 spiro atoms. The van der Waals surface area contributed by atoms with Crippen molar-refractivity contribution in [2.24, 2.45) is 0 Å². The van der Waals surface area contributed by atoms with Crippen LogP contribution in [0.25, 0.3) is 0 Å². The normalized spacial score (nSPS) is 12.1. The molecule has 0 aliphatic rings. The predicted molar refractivity (Wildman–Crippen MR) is 110 cm³/mol. The van der Waals surface area contributed by atoms with Gasteiger partial charge in [0.05, 0.1) is 0 Å². The maximum Gasteiger partial charge on any atom is 0.251 e. The van der Waals surface area contributed by atoms with E-state index in [9.17, 15) is 9.59 Å². The van der Waals surface area contributed by atoms with Gasteiger partial charge in [0.2, 0.25) is 0 Å². The van der Waals surface area contributed by atoms with E-state index >= 15 is 0 Å². The first-order valence-corrected chi connectivity index (χ1v) is 9.46. The van der Waals surface area contributed by atoms with Crippen molar-refractivity contribution in [3.05, 3.63) is 70.3 Å². The summed E-state index contributed by atoms with van der Waals surface area (Å²) in [6, 6.07) is 13.4. The van der Waals surface area contributed by atoms with Crippen LogP contribution in [0.1, 0.15) is 50.8 Å². The SMILES string of the molecule is CCC(=O)c1cc(C)c(C[C@@H](CNC(=O)c2ccccc2)N(C)C)c(C)c1. The Morgan fingerprint density at radius 3 is 2.11 bits per heavy atom. The number of benzene rings is 2. The number of rotatable bonds is 8. The fourth-order valence-electron chi connectivity index (χ4n) is 3.26. The van der Waals surface area contributed by atoms with Crippen molar-refractivity contribution >= 4 is 11.7 Å². The fourth-order valence-corrected chi connectivity index (χ4v) is 3.26. The number of carbonyl (C=O) groups is 2. The summed E-state index contributed by atoms with van der Waals surface area (Å²) in [6.45, 7) is 6.57. The van der Waals surface area contributed by atoms with E-state index in [1.54, 1.807) is 0 Å². The van der Waals surface area contributed by atoms with Gasteiger partial charge in [-0.25, -0.2) is 0 Å². The van der Waals surface area contributed by atoms with Gasteiger partial charge in [-0.3, -0.25) is 9.59 Å². The molecule has 1 atom stereocenters. The van der Waals surface area contributed by atoms with E-state index in [1.807, 2.05) is 63.5 Å². The largest absolute Gasteiger partial charge is 0.350 e. The molecule has 1 N–H and O–H groups in total. The molecule has 1 amide bonds. The van der Waals surface area contributed by atoms with E-state index < -0.39 is 0 Å². The molecule has 4 heteroatoms. The van der Waals surface area contributed by atoms with Crippen LogP contribution in [0.3, 0.4) is 0 Å². The number of Topliss-reactive ketones (excluding diaryl/α,β-unsaturated/α-hetero) is 1. The fraction of sp³-hybridized carbons (Fsp3) is 0.391. The lowest BCUT2D eigenvalue weighted by molar-refractivity contribution is 0.0940. The maximum absolute atomic E-state index is 12.3. The Morgan fingerprint density at radius 2 is 1.59 bits per heavy atom. The zero-order valence-electron chi connectivity index (χ0n) is 17.0. The minimum absolute atomic E-state index is 0.0558. The maximum atomic E-state index is 12.3. The molecule has 2 aromatic rings. The number of nitrogens with one attached hydrogen (secondary N) is 1. The minimum atomic E-state index is -0.0558. The van der Waals surface area contributed by atoms with Gasteiger partial charge in [0.1, 0.15) is 0 Å². The lowest BCUT2D eigenvalue weighted by Crippen LogP contribution is -2.41. The van der Waals surface area contributed by atoms with Crippen molar-refractivity contribution in [1.82, 2.24) is 10.2 Å². The molecule has 27 heavy (non-hydrogen) atoms. The molecule has 0 fully saturated rings. The minimum Gasteiger partial charge on any atom is -0.350 e. The van der Waals surface area contributed by atoms with Crippen molar-refractivity contribution in [2.45, 2.75) is 39.7 Å². The molecular formula is C23H30N2O2. The second-order valence-electron chi connectivity index (χ2n) is 7.26. The van der Waals surface area contributed by atoms with Gasteiger partial charge in [0.15, 0.2) is 5.78 Å². The molecule has 0 aliphatic carbocycles. The Hall–Kier alpha value is -2.46. The molecule has 0 saturated carbocycles. The van der Waals surface area contributed by atoms with Crippen molar-refractivity contribution in [3.63, 3.8) is 0 Å². The molecule has 0 aliphatic heterocycles. The first-order valence-electron chi connectivity index (χ1n) is 9.46. The molecule has 0 saturated heterocycles. The van der Waals surface area contributed by atoms with Crippen molar-refractivity contribution in [2.75, 3.05) is 20.6 Å². The summed E-state index contributed by atoms with van der Waals surface area (Å²) in [5.41, 5.74) is 4.97. The Morgan fingerprint density at radius 1 is 1.00 bits per heavy atom. The molecule has 144 valence electrons. The van der Waals surface area contributed by atoms with Crippen molar-refractivity contribution in [1.29, 1.82) is 0 Å². The lowest BCUT2D eigenvalue weighted by Gasteiger charge is -2.26. The highest BCUT2D eigenvalue weighted by molar-refractivity contribution is 5.96. The highest BCUT2D eigenvalue weighted by Crippen LogP contribution is 2.20. The second kappa shape index (κ2) is 9.47. The van der Waals surface area contributed by atoms with Gasteiger partial charge in [0.25, 0.3) is 5.91 Å². The van der Waals surface area contributed by atoms with Gasteiger partial charge in [-0.1, -0.05) is 25.1 Å². The Labute approximate surface area is 162 Å². The van der Waals surface area contributed by atoms with Crippen LogP contribution in [0.5, 0.6) is 0 Å². The highest BCUT2D eigenvalue weighted by atomic mass is 16.1. The van der Waals surface area contributed by atoms with E-state index in [4.69, 9.17) is 0 Å². The van der Waals surface area contributed by atoms with Gasteiger partial charge in [-0.05, 0) is 75.3 Å². The van der Waals surface area contributed by atoms with Crippen LogP contribution in [0.2, 0.25) is 0 Å². The van der Waals surface area contributed by atoms with E-state index in [2.05, 4.69) is 24.1 Å². The Balaban J connectivity index is 2.12. The number of ketones is 1. The van der Waals surface area contributed by atoms with Gasteiger partial charge >= 0.3 is 0 Å². The number of carbonyl (C=O) groups excluding carboxylic acids is 2. The summed E-state index contributed by atoms with van der Waals surface area (Å²) in [7, 11) is 4.05. The topological polar surface area (TPSA) is 49.4 Å². The van der Waals surface area contributed by atoms with Crippen LogP contribution in [0, 0.1) is 13.8 Å². The van der Waals surface area contributed by atoms with Crippen LogP contribution >= 0.6 is 0 Å². The third-order valence-electron chi connectivity index (χ3n) is 5.04. The third-order valence-corrected chi connectivity index (χ3v) is 5.04.